The Morgan fingerprint density at radius 3 is 2.85 bits per heavy atom. The SMILES string of the molecule is COc1cc(CN2CCOC(c3ccc(Nc4ccccn4)cn3)C2)ccc1OCC(N)=O. The summed E-state index contributed by atoms with van der Waals surface area (Å²) in [6.07, 6.45) is 3.43. The van der Waals surface area contributed by atoms with Crippen LogP contribution in [0.3, 0.4) is 0 Å². The number of hydrogen-bond acceptors (Lipinski definition) is 8. The van der Waals surface area contributed by atoms with Crippen LogP contribution in [0.5, 0.6) is 11.5 Å². The first-order valence-electron chi connectivity index (χ1n) is 10.7. The Kier molecular flexibility index (Phi) is 7.33. The van der Waals surface area contributed by atoms with E-state index in [-0.39, 0.29) is 12.7 Å². The average molecular weight is 450 g/mol. The first-order valence-corrected chi connectivity index (χ1v) is 10.7. The molecule has 9 heteroatoms. The summed E-state index contributed by atoms with van der Waals surface area (Å²) in [6, 6.07) is 15.3. The molecule has 2 aromatic heterocycles. The maximum Gasteiger partial charge on any atom is 0.255 e. The fourth-order valence-corrected chi connectivity index (χ4v) is 3.62. The molecule has 0 bridgehead atoms. The molecule has 1 fully saturated rings. The summed E-state index contributed by atoms with van der Waals surface area (Å²) in [5.74, 6) is 1.29. The molecule has 1 aliphatic rings. The summed E-state index contributed by atoms with van der Waals surface area (Å²) < 4.78 is 16.8. The van der Waals surface area contributed by atoms with Gasteiger partial charge in [0.1, 0.15) is 11.9 Å². The predicted octanol–water partition coefficient (Wildman–Crippen LogP) is 2.67. The predicted molar refractivity (Wildman–Crippen MR) is 123 cm³/mol. The maximum absolute atomic E-state index is 11.0. The fourth-order valence-electron chi connectivity index (χ4n) is 3.62. The van der Waals surface area contributed by atoms with Crippen LogP contribution in [-0.2, 0) is 16.1 Å². The van der Waals surface area contributed by atoms with Crippen molar-refractivity contribution in [3.8, 4) is 11.5 Å². The Balaban J connectivity index is 1.37. The van der Waals surface area contributed by atoms with Crippen molar-refractivity contribution in [1.29, 1.82) is 0 Å². The molecule has 1 atom stereocenters. The van der Waals surface area contributed by atoms with Crippen molar-refractivity contribution < 1.29 is 19.0 Å². The second-order valence-electron chi connectivity index (χ2n) is 7.65. The molecule has 0 spiro atoms. The number of carbonyl (C=O) groups is 1. The molecule has 3 heterocycles. The zero-order chi connectivity index (χ0) is 23.0. The minimum atomic E-state index is -0.533. The van der Waals surface area contributed by atoms with Gasteiger partial charge in [-0.1, -0.05) is 12.1 Å². The third-order valence-corrected chi connectivity index (χ3v) is 5.21. The first kappa shape index (κ1) is 22.5. The molecule has 1 aromatic carbocycles. The Morgan fingerprint density at radius 2 is 2.12 bits per heavy atom. The number of benzene rings is 1. The standard InChI is InChI=1S/C24H27N5O4/c1-31-21-12-17(5-8-20(21)33-16-23(25)30)14-29-10-11-32-22(15-29)19-7-6-18(13-27-19)28-24-4-2-3-9-26-24/h2-9,12-13,22H,10-11,14-16H2,1H3,(H2,25,30)(H,26,28). The minimum absolute atomic E-state index is 0.109. The van der Waals surface area contributed by atoms with Gasteiger partial charge in [0.2, 0.25) is 0 Å². The van der Waals surface area contributed by atoms with Gasteiger partial charge in [-0.05, 0) is 42.0 Å². The number of aromatic nitrogens is 2. The lowest BCUT2D eigenvalue weighted by Crippen LogP contribution is -2.38. The zero-order valence-electron chi connectivity index (χ0n) is 18.4. The van der Waals surface area contributed by atoms with Crippen LogP contribution >= 0.6 is 0 Å². The molecule has 1 unspecified atom stereocenters. The fraction of sp³-hybridized carbons (Fsp3) is 0.292. The Bertz CT molecular complexity index is 1060. The van der Waals surface area contributed by atoms with Crippen molar-refractivity contribution in [2.24, 2.45) is 5.73 Å². The van der Waals surface area contributed by atoms with Crippen molar-refractivity contribution in [3.05, 3.63) is 72.2 Å². The number of amides is 1. The largest absolute Gasteiger partial charge is 0.493 e. The van der Waals surface area contributed by atoms with Gasteiger partial charge in [-0.2, -0.15) is 0 Å². The number of carbonyl (C=O) groups excluding carboxylic acids is 1. The van der Waals surface area contributed by atoms with Crippen LogP contribution in [0.2, 0.25) is 0 Å². The summed E-state index contributed by atoms with van der Waals surface area (Å²) in [5, 5.41) is 3.23. The van der Waals surface area contributed by atoms with Gasteiger partial charge in [-0.3, -0.25) is 14.7 Å². The molecule has 172 valence electrons. The van der Waals surface area contributed by atoms with Crippen LogP contribution in [0, 0.1) is 0 Å². The molecule has 3 aromatic rings. The van der Waals surface area contributed by atoms with Crippen LogP contribution in [-0.4, -0.2) is 54.2 Å². The Morgan fingerprint density at radius 1 is 1.21 bits per heavy atom. The number of nitrogens with one attached hydrogen (secondary N) is 1. The van der Waals surface area contributed by atoms with Crippen LogP contribution < -0.4 is 20.5 Å². The van der Waals surface area contributed by atoms with E-state index >= 15 is 0 Å². The van der Waals surface area contributed by atoms with E-state index in [1.807, 2.05) is 42.5 Å². The minimum Gasteiger partial charge on any atom is -0.493 e. The number of nitrogens with two attached hydrogens (primary N) is 1. The second-order valence-corrected chi connectivity index (χ2v) is 7.65. The molecule has 4 rings (SSSR count). The second kappa shape index (κ2) is 10.8. The van der Waals surface area contributed by atoms with E-state index in [1.54, 1.807) is 25.6 Å². The number of ether oxygens (including phenoxy) is 3. The maximum atomic E-state index is 11.0. The molecular weight excluding hydrogens is 422 g/mol. The van der Waals surface area contributed by atoms with Crippen LogP contribution in [0.15, 0.2) is 60.9 Å². The third-order valence-electron chi connectivity index (χ3n) is 5.21. The number of primary amides is 1. The molecule has 0 saturated carbocycles. The molecule has 3 N–H and O–H groups in total. The summed E-state index contributed by atoms with van der Waals surface area (Å²) >= 11 is 0. The highest BCUT2D eigenvalue weighted by Gasteiger charge is 2.23. The average Bonchev–Trinajstić information content (AvgIpc) is 2.84. The number of nitrogens with zero attached hydrogens (tertiary/aromatic N) is 3. The van der Waals surface area contributed by atoms with Crippen molar-refractivity contribution >= 4 is 17.4 Å². The van der Waals surface area contributed by atoms with Crippen LogP contribution in [0.1, 0.15) is 17.4 Å². The molecule has 0 aliphatic carbocycles. The van der Waals surface area contributed by atoms with E-state index in [1.165, 1.54) is 0 Å². The van der Waals surface area contributed by atoms with Crippen molar-refractivity contribution in [2.45, 2.75) is 12.6 Å². The van der Waals surface area contributed by atoms with Crippen molar-refractivity contribution in [1.82, 2.24) is 14.9 Å². The van der Waals surface area contributed by atoms with E-state index in [4.69, 9.17) is 19.9 Å². The number of methoxy groups -OCH3 is 1. The van der Waals surface area contributed by atoms with Gasteiger partial charge in [0, 0.05) is 25.8 Å². The highest BCUT2D eigenvalue weighted by molar-refractivity contribution is 5.75. The van der Waals surface area contributed by atoms with Gasteiger partial charge in [0.05, 0.1) is 31.3 Å². The quantitative estimate of drug-likeness (QED) is 0.513. The van der Waals surface area contributed by atoms with Crippen LogP contribution in [0.4, 0.5) is 11.5 Å². The number of pyridine rings is 2. The number of anilines is 2. The van der Waals surface area contributed by atoms with E-state index in [0.29, 0.717) is 18.1 Å². The molecule has 0 radical (unpaired) electrons. The van der Waals surface area contributed by atoms with Gasteiger partial charge in [-0.25, -0.2) is 4.98 Å². The van der Waals surface area contributed by atoms with Gasteiger partial charge in [-0.15, -0.1) is 0 Å². The molecular formula is C24H27N5O4. The summed E-state index contributed by atoms with van der Waals surface area (Å²) in [6.45, 7) is 2.70. The van der Waals surface area contributed by atoms with Gasteiger partial charge in [0.25, 0.3) is 5.91 Å². The summed E-state index contributed by atoms with van der Waals surface area (Å²) in [7, 11) is 1.57. The topological polar surface area (TPSA) is 112 Å². The monoisotopic (exact) mass is 449 g/mol. The first-order chi connectivity index (χ1) is 16.1. The van der Waals surface area contributed by atoms with E-state index in [2.05, 4.69) is 20.2 Å². The number of hydrogen-bond donors (Lipinski definition) is 2. The normalized spacial score (nSPS) is 16.2. The highest BCUT2D eigenvalue weighted by atomic mass is 16.5. The third kappa shape index (κ3) is 6.18. The number of morpholine rings is 1. The zero-order valence-corrected chi connectivity index (χ0v) is 18.4. The van der Waals surface area contributed by atoms with Gasteiger partial charge in [0.15, 0.2) is 18.1 Å². The highest BCUT2D eigenvalue weighted by Crippen LogP contribution is 2.29. The lowest BCUT2D eigenvalue weighted by Gasteiger charge is -2.32. The molecule has 9 nitrogen and oxygen atoms in total. The summed E-state index contributed by atoms with van der Waals surface area (Å²) in [5.41, 5.74) is 7.98. The summed E-state index contributed by atoms with van der Waals surface area (Å²) in [4.78, 5) is 22.2. The Hall–Kier alpha value is -3.69. The van der Waals surface area contributed by atoms with E-state index in [0.717, 1.165) is 42.4 Å². The lowest BCUT2D eigenvalue weighted by molar-refractivity contribution is -0.119. The molecule has 1 saturated heterocycles. The van der Waals surface area contributed by atoms with E-state index in [9.17, 15) is 4.79 Å². The van der Waals surface area contributed by atoms with Gasteiger partial charge < -0.3 is 25.3 Å². The molecule has 1 amide bonds. The smallest absolute Gasteiger partial charge is 0.255 e. The molecule has 33 heavy (non-hydrogen) atoms. The Labute approximate surface area is 192 Å². The number of rotatable bonds is 9. The van der Waals surface area contributed by atoms with E-state index < -0.39 is 5.91 Å². The lowest BCUT2D eigenvalue weighted by atomic mass is 10.1. The van der Waals surface area contributed by atoms with Crippen molar-refractivity contribution in [3.63, 3.8) is 0 Å². The van der Waals surface area contributed by atoms with Crippen LogP contribution in [0.25, 0.3) is 0 Å². The van der Waals surface area contributed by atoms with Gasteiger partial charge >= 0.3 is 0 Å². The van der Waals surface area contributed by atoms with Crippen molar-refractivity contribution in [2.75, 3.05) is 38.7 Å². The molecule has 1 aliphatic heterocycles.